The van der Waals surface area contributed by atoms with Gasteiger partial charge in [0.1, 0.15) is 5.82 Å². The third-order valence-electron chi connectivity index (χ3n) is 7.04. The number of ether oxygens (including phenoxy) is 3. The first-order valence-electron chi connectivity index (χ1n) is 13.3. The van der Waals surface area contributed by atoms with Crippen molar-refractivity contribution in [1.29, 1.82) is 0 Å². The van der Waals surface area contributed by atoms with Crippen LogP contribution in [0.5, 0.6) is 0 Å². The van der Waals surface area contributed by atoms with Gasteiger partial charge < -0.3 is 19.1 Å². The molecule has 212 valence electrons. The Balaban J connectivity index is 1.24. The van der Waals surface area contributed by atoms with Gasteiger partial charge in [-0.1, -0.05) is 29.8 Å². The molecule has 3 heterocycles. The van der Waals surface area contributed by atoms with Crippen LogP contribution in [0, 0.1) is 0 Å². The number of fused-ring (bicyclic) bond motifs is 2. The molecule has 2 aliphatic heterocycles. The Morgan fingerprint density at radius 1 is 1.07 bits per heavy atom. The van der Waals surface area contributed by atoms with Gasteiger partial charge in [-0.05, 0) is 61.1 Å². The minimum Gasteiger partial charge on any atom is -0.462 e. The molecule has 1 saturated heterocycles. The highest BCUT2D eigenvalue weighted by Crippen LogP contribution is 2.36. The summed E-state index contributed by atoms with van der Waals surface area (Å²) in [5.41, 5.74) is 2.05. The second-order valence-electron chi connectivity index (χ2n) is 9.50. The first-order chi connectivity index (χ1) is 19.4. The van der Waals surface area contributed by atoms with Crippen LogP contribution in [0.1, 0.15) is 25.0 Å². The Labute approximate surface area is 241 Å². The molecular weight excluding hydrogens is 556 g/mol. The molecule has 1 fully saturated rings. The molecule has 3 aromatic rings. The number of halogens is 1. The fourth-order valence-electron chi connectivity index (χ4n) is 5.08. The highest BCUT2D eigenvalue weighted by Gasteiger charge is 2.41. The van der Waals surface area contributed by atoms with Crippen LogP contribution < -0.4 is 9.80 Å². The van der Waals surface area contributed by atoms with Crippen LogP contribution in [-0.4, -0.2) is 79.5 Å². The summed E-state index contributed by atoms with van der Waals surface area (Å²) in [7, 11) is 0. The van der Waals surface area contributed by atoms with Crippen molar-refractivity contribution in [1.82, 2.24) is 9.27 Å². The summed E-state index contributed by atoms with van der Waals surface area (Å²) in [4.78, 5) is 43.5. The van der Waals surface area contributed by atoms with Crippen molar-refractivity contribution in [2.75, 3.05) is 55.7 Å². The van der Waals surface area contributed by atoms with Crippen molar-refractivity contribution in [2.45, 2.75) is 32.9 Å². The topological polar surface area (TPSA) is 102 Å². The molecule has 0 saturated carbocycles. The molecular formula is C28H31ClN4O6S. The Kier molecular flexibility index (Phi) is 8.72. The zero-order chi connectivity index (χ0) is 28.2. The highest BCUT2D eigenvalue weighted by molar-refractivity contribution is 7.13. The molecule has 1 amide bonds. The molecule has 40 heavy (non-hydrogen) atoms. The maximum atomic E-state index is 13.0. The molecule has 1 aromatic heterocycles. The van der Waals surface area contributed by atoms with Crippen LogP contribution >= 0.6 is 23.1 Å². The average molecular weight is 587 g/mol. The first-order valence-corrected chi connectivity index (χ1v) is 14.5. The van der Waals surface area contributed by atoms with Crippen molar-refractivity contribution in [2.24, 2.45) is 0 Å². The second kappa shape index (κ2) is 12.4. The number of nitrogens with zero attached hydrogens (tertiary/aromatic N) is 4. The number of aromatic nitrogens is 1. The van der Waals surface area contributed by atoms with Crippen LogP contribution in [0.15, 0.2) is 36.4 Å². The number of esters is 1. The molecule has 1 unspecified atom stereocenters. The predicted molar refractivity (Wildman–Crippen MR) is 153 cm³/mol. The van der Waals surface area contributed by atoms with Crippen LogP contribution in [0.4, 0.5) is 16.3 Å². The lowest BCUT2D eigenvalue weighted by Gasteiger charge is -2.35. The lowest BCUT2D eigenvalue weighted by atomic mass is 10.1. The number of rotatable bonds is 9. The predicted octanol–water partition coefficient (Wildman–Crippen LogP) is 4.27. The van der Waals surface area contributed by atoms with Gasteiger partial charge in [-0.2, -0.15) is 4.37 Å². The van der Waals surface area contributed by atoms with Gasteiger partial charge in [0.25, 0.3) is 6.23 Å². The Morgan fingerprint density at radius 3 is 2.58 bits per heavy atom. The average Bonchev–Trinajstić information content (AvgIpc) is 3.51. The molecule has 12 heteroatoms. The number of carbonyl (C=O) groups excluding carboxylic acids is 3. The van der Waals surface area contributed by atoms with E-state index in [9.17, 15) is 14.4 Å². The third kappa shape index (κ3) is 5.86. The van der Waals surface area contributed by atoms with Gasteiger partial charge in [0.05, 0.1) is 30.0 Å². The van der Waals surface area contributed by atoms with Crippen LogP contribution in [0.25, 0.3) is 10.1 Å². The number of carbonyl (C=O) groups is 3. The quantitative estimate of drug-likeness (QED) is 0.340. The van der Waals surface area contributed by atoms with Crippen LogP contribution in [0.3, 0.4) is 0 Å². The zero-order valence-corrected chi connectivity index (χ0v) is 24.0. The van der Waals surface area contributed by atoms with Gasteiger partial charge in [0.2, 0.25) is 5.91 Å². The summed E-state index contributed by atoms with van der Waals surface area (Å²) in [6, 6.07) is 11.9. The molecule has 10 nitrogen and oxygen atoms in total. The van der Waals surface area contributed by atoms with Gasteiger partial charge in [0, 0.05) is 43.1 Å². The van der Waals surface area contributed by atoms with E-state index in [1.165, 1.54) is 21.6 Å². The standard InChI is InChI=1S/C28H31ClN4O6S/c1-3-37-27(35)26(39-28(36)38-4-2)33-22-17-21(29)18(15-19(22)16-24(33)34)9-10-31-11-13-32(14-12-31)25-20-7-5-6-8-23(20)40-30-25/h5-8,15,17,26H,3-4,9-14,16H2,1-2H3. The first kappa shape index (κ1) is 28.1. The van der Waals surface area contributed by atoms with E-state index in [0.717, 1.165) is 49.0 Å². The van der Waals surface area contributed by atoms with E-state index in [2.05, 4.69) is 26.3 Å². The Bertz CT molecular complexity index is 1410. The molecule has 1 atom stereocenters. The Morgan fingerprint density at radius 2 is 1.82 bits per heavy atom. The van der Waals surface area contributed by atoms with Crippen molar-refractivity contribution >= 4 is 62.8 Å². The minimum atomic E-state index is -1.60. The second-order valence-corrected chi connectivity index (χ2v) is 10.7. The van der Waals surface area contributed by atoms with Crippen molar-refractivity contribution in [3.8, 4) is 0 Å². The molecule has 5 rings (SSSR count). The minimum absolute atomic E-state index is 0.0574. The van der Waals surface area contributed by atoms with E-state index in [0.29, 0.717) is 22.7 Å². The van der Waals surface area contributed by atoms with E-state index in [1.807, 2.05) is 18.2 Å². The number of hydrogen-bond acceptors (Lipinski definition) is 10. The third-order valence-corrected chi connectivity index (χ3v) is 8.21. The molecule has 0 N–H and O–H groups in total. The smallest absolute Gasteiger partial charge is 0.462 e. The van der Waals surface area contributed by atoms with E-state index >= 15 is 0 Å². The Hall–Kier alpha value is -3.41. The summed E-state index contributed by atoms with van der Waals surface area (Å²) in [6.45, 7) is 7.79. The largest absolute Gasteiger partial charge is 0.510 e. The lowest BCUT2D eigenvalue weighted by Crippen LogP contribution is -2.47. The number of hydrogen-bond donors (Lipinski definition) is 0. The van der Waals surface area contributed by atoms with Gasteiger partial charge in [-0.15, -0.1) is 0 Å². The fourth-order valence-corrected chi connectivity index (χ4v) is 6.13. The molecule has 2 aliphatic rings. The molecule has 0 aliphatic carbocycles. The fraction of sp³-hybridized carbons (Fsp3) is 0.429. The summed E-state index contributed by atoms with van der Waals surface area (Å²) in [5, 5.41) is 1.68. The van der Waals surface area contributed by atoms with Crippen molar-refractivity contribution in [3.63, 3.8) is 0 Å². The summed E-state index contributed by atoms with van der Waals surface area (Å²) < 4.78 is 21.0. The van der Waals surface area contributed by atoms with Gasteiger partial charge >= 0.3 is 12.1 Å². The molecule has 0 spiro atoms. The van der Waals surface area contributed by atoms with Gasteiger partial charge in [-0.3, -0.25) is 14.6 Å². The number of benzene rings is 2. The monoisotopic (exact) mass is 586 g/mol. The van der Waals surface area contributed by atoms with E-state index < -0.39 is 24.3 Å². The van der Waals surface area contributed by atoms with Crippen molar-refractivity contribution < 1.29 is 28.6 Å². The van der Waals surface area contributed by atoms with Crippen molar-refractivity contribution in [3.05, 3.63) is 52.5 Å². The maximum Gasteiger partial charge on any atom is 0.510 e. The normalized spacial score (nSPS) is 16.2. The number of amides is 1. The van der Waals surface area contributed by atoms with E-state index in [4.69, 9.17) is 25.8 Å². The SMILES string of the molecule is CCOC(=O)OC(C(=O)OCC)N1C(=O)Cc2cc(CCN3CCN(c4nsc5ccccc45)CC3)c(Cl)cc21. The summed E-state index contributed by atoms with van der Waals surface area (Å²) in [5.74, 6) is -0.192. The molecule has 0 radical (unpaired) electrons. The van der Waals surface area contributed by atoms with Gasteiger partial charge in [-0.25, -0.2) is 9.59 Å². The number of anilines is 2. The van der Waals surface area contributed by atoms with E-state index in [1.54, 1.807) is 19.9 Å². The van der Waals surface area contributed by atoms with Crippen LogP contribution in [-0.2, 0) is 36.6 Å². The molecule has 2 aromatic carbocycles. The summed E-state index contributed by atoms with van der Waals surface area (Å²) >= 11 is 8.20. The van der Waals surface area contributed by atoms with Gasteiger partial charge in [0.15, 0.2) is 0 Å². The summed E-state index contributed by atoms with van der Waals surface area (Å²) in [6.07, 6.45) is -1.89. The maximum absolute atomic E-state index is 13.0. The number of piperazine rings is 1. The zero-order valence-electron chi connectivity index (χ0n) is 22.4. The van der Waals surface area contributed by atoms with Crippen LogP contribution in [0.2, 0.25) is 5.02 Å². The lowest BCUT2D eigenvalue weighted by molar-refractivity contribution is -0.155. The molecule has 0 bridgehead atoms. The van der Waals surface area contributed by atoms with E-state index in [-0.39, 0.29) is 19.6 Å². The highest BCUT2D eigenvalue weighted by atomic mass is 35.5.